The van der Waals surface area contributed by atoms with Crippen LogP contribution in [0.25, 0.3) is 0 Å². The summed E-state index contributed by atoms with van der Waals surface area (Å²) in [5, 5.41) is 13.1. The molecular weight excluding hydrogens is 334 g/mol. The van der Waals surface area contributed by atoms with Gasteiger partial charge in [-0.2, -0.15) is 0 Å². The summed E-state index contributed by atoms with van der Waals surface area (Å²) in [4.78, 5) is 23.5. The number of benzene rings is 1. The summed E-state index contributed by atoms with van der Waals surface area (Å²) in [5.74, 6) is -1.30. The molecule has 0 aliphatic heterocycles. The minimum absolute atomic E-state index is 0.0134. The Labute approximate surface area is 133 Å². The highest BCUT2D eigenvalue weighted by molar-refractivity contribution is 9.10. The molecule has 21 heavy (non-hydrogen) atoms. The van der Waals surface area contributed by atoms with E-state index in [1.807, 2.05) is 5.32 Å². The fourth-order valence-electron chi connectivity index (χ4n) is 2.84. The molecule has 1 aromatic carbocycles. The summed E-state index contributed by atoms with van der Waals surface area (Å²) in [6, 6.07) is 6.50. The Morgan fingerprint density at radius 3 is 2.38 bits per heavy atom. The van der Waals surface area contributed by atoms with Crippen LogP contribution in [-0.2, 0) is 4.79 Å². The molecule has 0 spiro atoms. The molecule has 1 fully saturated rings. The first kappa shape index (κ1) is 16.2. The molecule has 1 saturated carbocycles. The largest absolute Gasteiger partial charge is 0.544 e. The summed E-state index contributed by atoms with van der Waals surface area (Å²) in [6.45, 7) is 0. The average molecular weight is 354 g/mol. The van der Waals surface area contributed by atoms with Gasteiger partial charge in [0.15, 0.2) is 5.78 Å². The summed E-state index contributed by atoms with van der Waals surface area (Å²) >= 11 is 3.31. The zero-order valence-electron chi connectivity index (χ0n) is 11.9. The SMILES string of the molecule is O=C(C[C@H]([NH2+]C1CCCCC1)C(=O)[O-])c1ccc(Br)cc1. The van der Waals surface area contributed by atoms with Crippen molar-refractivity contribution in [2.75, 3.05) is 0 Å². The van der Waals surface area contributed by atoms with Gasteiger partial charge in [0.1, 0.15) is 6.04 Å². The van der Waals surface area contributed by atoms with E-state index in [1.54, 1.807) is 24.3 Å². The maximum atomic E-state index is 12.2. The summed E-state index contributed by atoms with van der Waals surface area (Å²) in [6.07, 6.45) is 5.54. The molecule has 4 nitrogen and oxygen atoms in total. The van der Waals surface area contributed by atoms with Crippen LogP contribution in [0.1, 0.15) is 48.9 Å². The van der Waals surface area contributed by atoms with Gasteiger partial charge in [-0.15, -0.1) is 0 Å². The van der Waals surface area contributed by atoms with Crippen LogP contribution in [0.5, 0.6) is 0 Å². The van der Waals surface area contributed by atoms with Crippen molar-refractivity contribution in [3.05, 3.63) is 34.3 Å². The first-order valence-corrected chi connectivity index (χ1v) is 8.20. The van der Waals surface area contributed by atoms with Crippen LogP contribution in [0, 0.1) is 0 Å². The molecule has 0 bridgehead atoms. The van der Waals surface area contributed by atoms with E-state index in [2.05, 4.69) is 15.9 Å². The van der Waals surface area contributed by atoms with E-state index in [9.17, 15) is 14.7 Å². The molecule has 1 aliphatic rings. The molecule has 1 aliphatic carbocycles. The van der Waals surface area contributed by atoms with Gasteiger partial charge in [-0.1, -0.05) is 34.5 Å². The molecule has 0 radical (unpaired) electrons. The van der Waals surface area contributed by atoms with Crippen LogP contribution in [0.3, 0.4) is 0 Å². The molecule has 2 rings (SSSR count). The number of hydrogen-bond donors (Lipinski definition) is 1. The fourth-order valence-corrected chi connectivity index (χ4v) is 3.10. The Hall–Kier alpha value is -1.20. The van der Waals surface area contributed by atoms with Crippen molar-refractivity contribution in [2.45, 2.75) is 50.6 Å². The lowest BCUT2D eigenvalue weighted by molar-refractivity contribution is -0.716. The second-order valence-corrected chi connectivity index (χ2v) is 6.57. The highest BCUT2D eigenvalue weighted by Gasteiger charge is 2.25. The Bertz CT molecular complexity index is 495. The van der Waals surface area contributed by atoms with E-state index in [-0.39, 0.29) is 12.2 Å². The number of quaternary nitrogens is 1. The zero-order valence-corrected chi connectivity index (χ0v) is 13.5. The second-order valence-electron chi connectivity index (χ2n) is 5.65. The number of Topliss-reactive ketones (excluding diaryl/α,β-unsaturated/α-hetero) is 1. The molecular formula is C16H20BrNO3. The lowest BCUT2D eigenvalue weighted by atomic mass is 9.94. The smallest absolute Gasteiger partial charge is 0.169 e. The molecule has 1 atom stereocenters. The van der Waals surface area contributed by atoms with Gasteiger partial charge in [-0.05, 0) is 37.8 Å². The number of carbonyl (C=O) groups excluding carboxylic acids is 2. The van der Waals surface area contributed by atoms with Crippen molar-refractivity contribution in [3.8, 4) is 0 Å². The molecule has 0 heterocycles. The molecule has 0 amide bonds. The number of nitrogens with two attached hydrogens (primary N) is 1. The van der Waals surface area contributed by atoms with Crippen molar-refractivity contribution in [1.29, 1.82) is 0 Å². The third kappa shape index (κ3) is 4.93. The number of halogens is 1. The second kappa shape index (κ2) is 7.71. The van der Waals surface area contributed by atoms with Crippen molar-refractivity contribution in [3.63, 3.8) is 0 Å². The highest BCUT2D eigenvalue weighted by Crippen LogP contribution is 2.15. The maximum Gasteiger partial charge on any atom is 0.169 e. The van der Waals surface area contributed by atoms with E-state index >= 15 is 0 Å². The maximum absolute atomic E-state index is 12.2. The predicted molar refractivity (Wildman–Crippen MR) is 80.7 cm³/mol. The summed E-state index contributed by atoms with van der Waals surface area (Å²) in [5.41, 5.74) is 0.543. The van der Waals surface area contributed by atoms with Crippen LogP contribution in [-0.4, -0.2) is 23.8 Å². The topological polar surface area (TPSA) is 73.8 Å². The van der Waals surface area contributed by atoms with Crippen molar-refractivity contribution < 1.29 is 20.0 Å². The molecule has 114 valence electrons. The third-order valence-corrected chi connectivity index (χ3v) is 4.56. The Balaban J connectivity index is 1.96. The molecule has 0 saturated heterocycles. The third-order valence-electron chi connectivity index (χ3n) is 4.03. The molecule has 2 N–H and O–H groups in total. The number of carboxylic acids is 1. The zero-order chi connectivity index (χ0) is 15.2. The predicted octanol–water partition coefficient (Wildman–Crippen LogP) is 1.04. The molecule has 0 aromatic heterocycles. The van der Waals surface area contributed by atoms with Gasteiger partial charge < -0.3 is 15.2 Å². The number of rotatable bonds is 6. The van der Waals surface area contributed by atoms with Crippen LogP contribution >= 0.6 is 15.9 Å². The van der Waals surface area contributed by atoms with Gasteiger partial charge in [0.05, 0.1) is 18.4 Å². The van der Waals surface area contributed by atoms with Gasteiger partial charge >= 0.3 is 0 Å². The first-order valence-electron chi connectivity index (χ1n) is 7.41. The van der Waals surface area contributed by atoms with E-state index in [0.717, 1.165) is 30.2 Å². The van der Waals surface area contributed by atoms with Gasteiger partial charge in [0.2, 0.25) is 0 Å². The highest BCUT2D eigenvalue weighted by atomic mass is 79.9. The fraction of sp³-hybridized carbons (Fsp3) is 0.500. The lowest BCUT2D eigenvalue weighted by Gasteiger charge is -2.25. The summed E-state index contributed by atoms with van der Waals surface area (Å²) < 4.78 is 0.893. The Kier molecular flexibility index (Phi) is 5.94. The van der Waals surface area contributed by atoms with Crippen LogP contribution < -0.4 is 10.4 Å². The van der Waals surface area contributed by atoms with Crippen molar-refractivity contribution >= 4 is 27.7 Å². The minimum Gasteiger partial charge on any atom is -0.544 e. The molecule has 0 unspecified atom stereocenters. The number of aliphatic carboxylic acids is 1. The number of ketones is 1. The van der Waals surface area contributed by atoms with Crippen LogP contribution in [0.2, 0.25) is 0 Å². The molecule has 1 aromatic rings. The van der Waals surface area contributed by atoms with E-state index < -0.39 is 12.0 Å². The normalized spacial score (nSPS) is 17.4. The molecule has 5 heteroatoms. The lowest BCUT2D eigenvalue weighted by Crippen LogP contribution is -2.97. The minimum atomic E-state index is -1.15. The quantitative estimate of drug-likeness (QED) is 0.776. The van der Waals surface area contributed by atoms with Gasteiger partial charge in [-0.3, -0.25) is 4.79 Å². The number of carboxylic acid groups (broad SMARTS) is 1. The van der Waals surface area contributed by atoms with Gasteiger partial charge in [-0.25, -0.2) is 0 Å². The van der Waals surface area contributed by atoms with E-state index in [0.29, 0.717) is 11.6 Å². The van der Waals surface area contributed by atoms with Crippen LogP contribution in [0.4, 0.5) is 0 Å². The first-order chi connectivity index (χ1) is 10.1. The standard InChI is InChI=1S/C16H20BrNO3/c17-12-8-6-11(7-9-12)15(19)10-14(16(20)21)18-13-4-2-1-3-5-13/h6-9,13-14,18H,1-5,10H2,(H,20,21)/t14-/m0/s1. The monoisotopic (exact) mass is 353 g/mol. The van der Waals surface area contributed by atoms with Gasteiger partial charge in [0, 0.05) is 10.0 Å². The van der Waals surface area contributed by atoms with E-state index in [4.69, 9.17) is 0 Å². The Morgan fingerprint density at radius 2 is 1.81 bits per heavy atom. The van der Waals surface area contributed by atoms with Gasteiger partial charge in [0.25, 0.3) is 0 Å². The number of hydrogen-bond acceptors (Lipinski definition) is 3. The Morgan fingerprint density at radius 1 is 1.19 bits per heavy atom. The summed E-state index contributed by atoms with van der Waals surface area (Å²) in [7, 11) is 0. The average Bonchev–Trinajstić information content (AvgIpc) is 2.48. The van der Waals surface area contributed by atoms with Crippen LogP contribution in [0.15, 0.2) is 28.7 Å². The van der Waals surface area contributed by atoms with Crippen molar-refractivity contribution in [2.24, 2.45) is 0 Å². The van der Waals surface area contributed by atoms with Crippen molar-refractivity contribution in [1.82, 2.24) is 0 Å². The van der Waals surface area contributed by atoms with E-state index in [1.165, 1.54) is 6.42 Å². The number of carbonyl (C=O) groups is 2.